The van der Waals surface area contributed by atoms with Crippen molar-refractivity contribution in [2.75, 3.05) is 19.8 Å². The molecule has 1 aromatic rings. The third-order valence-corrected chi connectivity index (χ3v) is 2.97. The zero-order valence-electron chi connectivity index (χ0n) is 9.44. The molecule has 0 spiro atoms. The Bertz CT molecular complexity index is 497. The molecule has 0 amide bonds. The van der Waals surface area contributed by atoms with Crippen molar-refractivity contribution >= 4 is 27.7 Å². The van der Waals surface area contributed by atoms with Crippen LogP contribution in [-0.2, 0) is 16.0 Å². The van der Waals surface area contributed by atoms with E-state index >= 15 is 0 Å². The van der Waals surface area contributed by atoms with Gasteiger partial charge in [0.05, 0.1) is 12.2 Å². The van der Waals surface area contributed by atoms with Gasteiger partial charge in [-0.05, 0) is 17.7 Å². The summed E-state index contributed by atoms with van der Waals surface area (Å²) < 4.78 is 11.0. The summed E-state index contributed by atoms with van der Waals surface area (Å²) >= 11 is 3.33. The minimum atomic E-state index is -1.10. The molecular formula is C12H11BrO5. The zero-order valence-corrected chi connectivity index (χ0v) is 11.0. The molecule has 0 aliphatic carbocycles. The number of ketones is 1. The van der Waals surface area contributed by atoms with E-state index in [0.29, 0.717) is 17.9 Å². The van der Waals surface area contributed by atoms with Gasteiger partial charge in [0, 0.05) is 10.9 Å². The number of carbonyl (C=O) groups excluding carboxylic acids is 1. The van der Waals surface area contributed by atoms with E-state index < -0.39 is 12.6 Å². The van der Waals surface area contributed by atoms with Gasteiger partial charge in [0.25, 0.3) is 0 Å². The van der Waals surface area contributed by atoms with Crippen LogP contribution in [0.15, 0.2) is 16.6 Å². The van der Waals surface area contributed by atoms with Crippen LogP contribution in [0.2, 0.25) is 0 Å². The first-order valence-electron chi connectivity index (χ1n) is 5.36. The number of aliphatic carboxylic acids is 1. The topological polar surface area (TPSA) is 72.8 Å². The van der Waals surface area contributed by atoms with Crippen LogP contribution in [0.25, 0.3) is 0 Å². The van der Waals surface area contributed by atoms with Crippen molar-refractivity contribution in [3.8, 4) is 5.75 Å². The summed E-state index contributed by atoms with van der Waals surface area (Å²) in [5.74, 6) is -0.795. The van der Waals surface area contributed by atoms with E-state index in [1.807, 2.05) is 6.07 Å². The van der Waals surface area contributed by atoms with Crippen LogP contribution in [0, 0.1) is 0 Å². The lowest BCUT2D eigenvalue weighted by Crippen LogP contribution is -2.15. The molecule has 1 heterocycles. The fourth-order valence-electron chi connectivity index (χ4n) is 1.79. The van der Waals surface area contributed by atoms with Crippen LogP contribution in [0.3, 0.4) is 0 Å². The Labute approximate surface area is 112 Å². The van der Waals surface area contributed by atoms with Gasteiger partial charge >= 0.3 is 5.97 Å². The van der Waals surface area contributed by atoms with E-state index in [4.69, 9.17) is 14.6 Å². The molecule has 0 saturated heterocycles. The maximum absolute atomic E-state index is 11.9. The summed E-state index contributed by atoms with van der Waals surface area (Å²) in [6.07, 6.45) is 0.769. The Morgan fingerprint density at radius 1 is 1.39 bits per heavy atom. The highest BCUT2D eigenvalue weighted by molar-refractivity contribution is 9.10. The van der Waals surface area contributed by atoms with E-state index in [1.165, 1.54) is 0 Å². The summed E-state index contributed by atoms with van der Waals surface area (Å²) in [6.45, 7) is -0.191. The minimum absolute atomic E-state index is 0.265. The van der Waals surface area contributed by atoms with Crippen LogP contribution in [0.1, 0.15) is 15.9 Å². The van der Waals surface area contributed by atoms with Crippen molar-refractivity contribution in [2.24, 2.45) is 0 Å². The monoisotopic (exact) mass is 314 g/mol. The maximum atomic E-state index is 11.9. The predicted molar refractivity (Wildman–Crippen MR) is 66.1 cm³/mol. The molecule has 0 saturated carbocycles. The van der Waals surface area contributed by atoms with Gasteiger partial charge in [0.2, 0.25) is 0 Å². The van der Waals surface area contributed by atoms with E-state index in [2.05, 4.69) is 15.9 Å². The van der Waals surface area contributed by atoms with Crippen LogP contribution < -0.4 is 4.74 Å². The molecule has 5 nitrogen and oxygen atoms in total. The summed E-state index contributed by atoms with van der Waals surface area (Å²) in [4.78, 5) is 22.2. The average Bonchev–Trinajstić information content (AvgIpc) is 2.74. The fourth-order valence-corrected chi connectivity index (χ4v) is 2.29. The molecule has 96 valence electrons. The SMILES string of the molecule is O=C(O)COCC(=O)c1cc(Br)cc2c1OCC2. The van der Waals surface area contributed by atoms with Gasteiger partial charge in [-0.15, -0.1) is 0 Å². The molecule has 1 N–H and O–H groups in total. The van der Waals surface area contributed by atoms with E-state index in [1.54, 1.807) is 6.07 Å². The maximum Gasteiger partial charge on any atom is 0.329 e. The van der Waals surface area contributed by atoms with Crippen molar-refractivity contribution in [2.45, 2.75) is 6.42 Å². The first-order valence-corrected chi connectivity index (χ1v) is 6.15. The quantitative estimate of drug-likeness (QED) is 0.837. The molecule has 1 aromatic carbocycles. The number of carboxylic acid groups (broad SMARTS) is 1. The van der Waals surface area contributed by atoms with Crippen LogP contribution in [0.5, 0.6) is 5.75 Å². The van der Waals surface area contributed by atoms with E-state index in [-0.39, 0.29) is 12.4 Å². The number of fused-ring (bicyclic) bond motifs is 1. The molecule has 0 aromatic heterocycles. The van der Waals surface area contributed by atoms with E-state index in [0.717, 1.165) is 16.5 Å². The number of Topliss-reactive ketones (excluding diaryl/α,β-unsaturated/α-hetero) is 1. The summed E-state index contributed by atoms with van der Waals surface area (Å²) in [5, 5.41) is 8.43. The van der Waals surface area contributed by atoms with Crippen molar-refractivity contribution in [3.63, 3.8) is 0 Å². The lowest BCUT2D eigenvalue weighted by molar-refractivity contribution is -0.141. The highest BCUT2D eigenvalue weighted by atomic mass is 79.9. The highest BCUT2D eigenvalue weighted by Gasteiger charge is 2.21. The van der Waals surface area contributed by atoms with Crippen molar-refractivity contribution < 1.29 is 24.2 Å². The molecule has 0 bridgehead atoms. The zero-order chi connectivity index (χ0) is 13.1. The number of benzene rings is 1. The number of hydrogen-bond donors (Lipinski definition) is 1. The van der Waals surface area contributed by atoms with Crippen molar-refractivity contribution in [1.29, 1.82) is 0 Å². The molecule has 0 radical (unpaired) electrons. The molecule has 18 heavy (non-hydrogen) atoms. The second kappa shape index (κ2) is 5.49. The van der Waals surface area contributed by atoms with Gasteiger partial charge in [0.1, 0.15) is 19.0 Å². The number of halogens is 1. The highest BCUT2D eigenvalue weighted by Crippen LogP contribution is 2.33. The van der Waals surface area contributed by atoms with Gasteiger partial charge in [-0.2, -0.15) is 0 Å². The molecule has 1 aliphatic rings. The lowest BCUT2D eigenvalue weighted by atomic mass is 10.1. The van der Waals surface area contributed by atoms with Crippen LogP contribution in [0.4, 0.5) is 0 Å². The van der Waals surface area contributed by atoms with E-state index in [9.17, 15) is 9.59 Å². The first-order chi connectivity index (χ1) is 8.58. The second-order valence-corrected chi connectivity index (χ2v) is 4.77. The summed E-state index contributed by atoms with van der Waals surface area (Å²) in [7, 11) is 0. The number of hydrogen-bond acceptors (Lipinski definition) is 4. The smallest absolute Gasteiger partial charge is 0.329 e. The lowest BCUT2D eigenvalue weighted by Gasteiger charge is -2.08. The second-order valence-electron chi connectivity index (χ2n) is 3.85. The Morgan fingerprint density at radius 2 is 2.17 bits per heavy atom. The Balaban J connectivity index is 2.13. The number of rotatable bonds is 5. The molecule has 0 fully saturated rings. The van der Waals surface area contributed by atoms with Gasteiger partial charge in [0.15, 0.2) is 5.78 Å². The van der Waals surface area contributed by atoms with Gasteiger partial charge in [-0.25, -0.2) is 4.79 Å². The molecular weight excluding hydrogens is 304 g/mol. The van der Waals surface area contributed by atoms with Crippen LogP contribution >= 0.6 is 15.9 Å². The van der Waals surface area contributed by atoms with Crippen molar-refractivity contribution in [1.82, 2.24) is 0 Å². The van der Waals surface area contributed by atoms with Crippen LogP contribution in [-0.4, -0.2) is 36.7 Å². The number of ether oxygens (including phenoxy) is 2. The normalized spacial score (nSPS) is 12.9. The minimum Gasteiger partial charge on any atom is -0.492 e. The van der Waals surface area contributed by atoms with Gasteiger partial charge in [-0.3, -0.25) is 4.79 Å². The number of carboxylic acids is 1. The van der Waals surface area contributed by atoms with Gasteiger partial charge in [-0.1, -0.05) is 15.9 Å². The van der Waals surface area contributed by atoms with Crippen molar-refractivity contribution in [3.05, 3.63) is 27.7 Å². The predicted octanol–water partition coefficient (Wildman–Crippen LogP) is 1.67. The average molecular weight is 315 g/mol. The molecule has 1 aliphatic heterocycles. The Hall–Kier alpha value is -1.40. The Morgan fingerprint density at radius 3 is 2.89 bits per heavy atom. The molecule has 6 heteroatoms. The molecule has 0 unspecified atom stereocenters. The van der Waals surface area contributed by atoms with Gasteiger partial charge < -0.3 is 14.6 Å². The molecule has 2 rings (SSSR count). The molecule has 0 atom stereocenters. The largest absolute Gasteiger partial charge is 0.492 e. The third kappa shape index (κ3) is 2.88. The summed E-state index contributed by atoms with van der Waals surface area (Å²) in [5.41, 5.74) is 1.41. The standard InChI is InChI=1S/C12H11BrO5/c13-8-3-7-1-2-18-12(7)9(4-8)10(14)5-17-6-11(15)16/h3-4H,1-2,5-6H2,(H,15,16). The summed E-state index contributed by atoms with van der Waals surface area (Å²) in [6, 6.07) is 3.58. The number of carbonyl (C=O) groups is 2. The Kier molecular flexibility index (Phi) is 3.98. The first kappa shape index (κ1) is 13.0. The fraction of sp³-hybridized carbons (Fsp3) is 0.333. The third-order valence-electron chi connectivity index (χ3n) is 2.51.